The van der Waals surface area contributed by atoms with E-state index < -0.39 is 11.8 Å². The fraction of sp³-hybridized carbons (Fsp3) is 0.154. The molecule has 2 aromatic rings. The lowest BCUT2D eigenvalue weighted by atomic mass is 10.2. The van der Waals surface area contributed by atoms with Crippen molar-refractivity contribution in [3.05, 3.63) is 53.4 Å². The zero-order chi connectivity index (χ0) is 13.8. The third-order valence-corrected chi connectivity index (χ3v) is 2.54. The molecule has 0 aliphatic carbocycles. The van der Waals surface area contributed by atoms with Gasteiger partial charge in [0.2, 0.25) is 0 Å². The molecule has 0 spiro atoms. The van der Waals surface area contributed by atoms with Crippen LogP contribution >= 0.6 is 0 Å². The van der Waals surface area contributed by atoms with Crippen LogP contribution in [0.25, 0.3) is 0 Å². The smallest absolute Gasteiger partial charge is 0.339 e. The molecule has 98 valence electrons. The van der Waals surface area contributed by atoms with E-state index in [4.69, 9.17) is 9.84 Å². The van der Waals surface area contributed by atoms with Gasteiger partial charge in [-0.15, -0.1) is 0 Å². The van der Waals surface area contributed by atoms with E-state index in [1.165, 1.54) is 24.7 Å². The van der Waals surface area contributed by atoms with Crippen LogP contribution in [-0.4, -0.2) is 21.0 Å². The van der Waals surface area contributed by atoms with Crippen molar-refractivity contribution in [2.45, 2.75) is 13.5 Å². The highest BCUT2D eigenvalue weighted by Crippen LogP contribution is 2.20. The Kier molecular flexibility index (Phi) is 3.70. The maximum Gasteiger partial charge on any atom is 0.339 e. The van der Waals surface area contributed by atoms with Gasteiger partial charge in [0.05, 0.1) is 5.69 Å². The summed E-state index contributed by atoms with van der Waals surface area (Å²) in [7, 11) is 0. The lowest BCUT2D eigenvalue weighted by molar-refractivity contribution is 0.0692. The predicted molar refractivity (Wildman–Crippen MR) is 64.5 cm³/mol. The van der Waals surface area contributed by atoms with E-state index in [2.05, 4.69) is 9.97 Å². The molecule has 6 heteroatoms. The first-order valence-corrected chi connectivity index (χ1v) is 5.49. The molecule has 1 N–H and O–H groups in total. The number of carboxylic acid groups (broad SMARTS) is 1. The van der Waals surface area contributed by atoms with E-state index in [0.29, 0.717) is 5.75 Å². The number of hydrogen-bond acceptors (Lipinski definition) is 4. The molecule has 0 fully saturated rings. The Morgan fingerprint density at radius 2 is 2.26 bits per heavy atom. The topological polar surface area (TPSA) is 72.3 Å². The fourth-order valence-electron chi connectivity index (χ4n) is 1.52. The van der Waals surface area contributed by atoms with Gasteiger partial charge >= 0.3 is 5.97 Å². The SMILES string of the molecule is Cc1ccc(F)cc1OCc1ncncc1C(=O)O. The Morgan fingerprint density at radius 1 is 1.47 bits per heavy atom. The standard InChI is InChI=1S/C13H11FN2O3/c1-8-2-3-9(14)4-12(8)19-6-11-10(13(17)18)5-15-7-16-11/h2-5,7H,6H2,1H3,(H,17,18). The van der Waals surface area contributed by atoms with Gasteiger partial charge in [-0.05, 0) is 18.6 Å². The van der Waals surface area contributed by atoms with Crippen LogP contribution < -0.4 is 4.74 Å². The van der Waals surface area contributed by atoms with Gasteiger partial charge in [-0.3, -0.25) is 0 Å². The van der Waals surface area contributed by atoms with Crippen LogP contribution in [-0.2, 0) is 6.61 Å². The predicted octanol–water partition coefficient (Wildman–Crippen LogP) is 2.20. The zero-order valence-electron chi connectivity index (χ0n) is 10.1. The molecule has 0 bridgehead atoms. The Bertz CT molecular complexity index is 617. The van der Waals surface area contributed by atoms with E-state index in [0.717, 1.165) is 5.56 Å². The van der Waals surface area contributed by atoms with Gasteiger partial charge in [0, 0.05) is 12.3 Å². The van der Waals surface area contributed by atoms with Crippen LogP contribution in [0.2, 0.25) is 0 Å². The molecule has 0 aliphatic heterocycles. The molecule has 19 heavy (non-hydrogen) atoms. The first-order chi connectivity index (χ1) is 9.08. The van der Waals surface area contributed by atoms with E-state index >= 15 is 0 Å². The molecule has 0 saturated heterocycles. The second-order valence-electron chi connectivity index (χ2n) is 3.89. The second kappa shape index (κ2) is 5.43. The highest BCUT2D eigenvalue weighted by Gasteiger charge is 2.12. The van der Waals surface area contributed by atoms with Gasteiger partial charge in [0.25, 0.3) is 0 Å². The number of ether oxygens (including phenoxy) is 1. The van der Waals surface area contributed by atoms with Crippen LogP contribution in [0.1, 0.15) is 21.6 Å². The number of hydrogen-bond donors (Lipinski definition) is 1. The summed E-state index contributed by atoms with van der Waals surface area (Å²) in [6, 6.07) is 4.16. The Balaban J connectivity index is 2.19. The van der Waals surface area contributed by atoms with E-state index in [-0.39, 0.29) is 17.9 Å². The average molecular weight is 262 g/mol. The number of aryl methyl sites for hydroxylation is 1. The number of carbonyl (C=O) groups is 1. The summed E-state index contributed by atoms with van der Waals surface area (Å²) in [4.78, 5) is 18.5. The zero-order valence-corrected chi connectivity index (χ0v) is 10.1. The number of rotatable bonds is 4. The first-order valence-electron chi connectivity index (χ1n) is 5.49. The van der Waals surface area contributed by atoms with Crippen molar-refractivity contribution in [2.24, 2.45) is 0 Å². The Morgan fingerprint density at radius 3 is 3.00 bits per heavy atom. The number of benzene rings is 1. The summed E-state index contributed by atoms with van der Waals surface area (Å²) in [6.07, 6.45) is 2.44. The lowest BCUT2D eigenvalue weighted by Crippen LogP contribution is -2.09. The number of carboxylic acids is 1. The molecule has 5 nitrogen and oxygen atoms in total. The van der Waals surface area contributed by atoms with Crippen molar-refractivity contribution in [3.8, 4) is 5.75 Å². The van der Waals surface area contributed by atoms with Crippen LogP contribution in [0.3, 0.4) is 0 Å². The van der Waals surface area contributed by atoms with Crippen molar-refractivity contribution >= 4 is 5.97 Å². The maximum absolute atomic E-state index is 13.1. The summed E-state index contributed by atoms with van der Waals surface area (Å²) in [5.74, 6) is -1.19. The molecule has 1 heterocycles. The molecule has 1 aromatic heterocycles. The molecule has 0 saturated carbocycles. The highest BCUT2D eigenvalue weighted by atomic mass is 19.1. The largest absolute Gasteiger partial charge is 0.487 e. The minimum absolute atomic E-state index is 0.0310. The molecule has 0 radical (unpaired) electrons. The number of nitrogens with zero attached hydrogens (tertiary/aromatic N) is 2. The van der Waals surface area contributed by atoms with E-state index in [9.17, 15) is 9.18 Å². The highest BCUT2D eigenvalue weighted by molar-refractivity contribution is 5.88. The molecule has 1 aromatic carbocycles. The summed E-state index contributed by atoms with van der Waals surface area (Å²) in [6.45, 7) is 1.71. The fourth-order valence-corrected chi connectivity index (χ4v) is 1.52. The third-order valence-electron chi connectivity index (χ3n) is 2.54. The summed E-state index contributed by atoms with van der Waals surface area (Å²) in [5.41, 5.74) is 0.968. The van der Waals surface area contributed by atoms with Crippen molar-refractivity contribution in [2.75, 3.05) is 0 Å². The summed E-state index contributed by atoms with van der Waals surface area (Å²) < 4.78 is 18.5. The van der Waals surface area contributed by atoms with Crippen LogP contribution in [0, 0.1) is 12.7 Å². The minimum atomic E-state index is -1.13. The molecule has 0 atom stereocenters. The quantitative estimate of drug-likeness (QED) is 0.914. The van der Waals surface area contributed by atoms with Crippen LogP contribution in [0.5, 0.6) is 5.75 Å². The lowest BCUT2D eigenvalue weighted by Gasteiger charge is -2.09. The second-order valence-corrected chi connectivity index (χ2v) is 3.89. The third kappa shape index (κ3) is 3.04. The minimum Gasteiger partial charge on any atom is -0.487 e. The Labute approximate surface area is 108 Å². The first kappa shape index (κ1) is 12.9. The molecule has 2 rings (SSSR count). The number of halogens is 1. The van der Waals surface area contributed by atoms with Crippen molar-refractivity contribution in [1.29, 1.82) is 0 Å². The van der Waals surface area contributed by atoms with Crippen molar-refractivity contribution < 1.29 is 19.0 Å². The number of aromatic nitrogens is 2. The van der Waals surface area contributed by atoms with Crippen LogP contribution in [0.4, 0.5) is 4.39 Å². The van der Waals surface area contributed by atoms with Gasteiger partial charge < -0.3 is 9.84 Å². The van der Waals surface area contributed by atoms with Gasteiger partial charge in [-0.2, -0.15) is 0 Å². The van der Waals surface area contributed by atoms with Gasteiger partial charge in [0.1, 0.15) is 30.1 Å². The van der Waals surface area contributed by atoms with Gasteiger partial charge in [0.15, 0.2) is 0 Å². The average Bonchev–Trinajstić information content (AvgIpc) is 2.40. The molecular weight excluding hydrogens is 251 g/mol. The van der Waals surface area contributed by atoms with E-state index in [1.54, 1.807) is 13.0 Å². The monoisotopic (exact) mass is 262 g/mol. The number of aromatic carboxylic acids is 1. The molecule has 0 unspecified atom stereocenters. The van der Waals surface area contributed by atoms with Crippen LogP contribution in [0.15, 0.2) is 30.7 Å². The molecular formula is C13H11FN2O3. The van der Waals surface area contributed by atoms with Crippen molar-refractivity contribution in [1.82, 2.24) is 9.97 Å². The van der Waals surface area contributed by atoms with Gasteiger partial charge in [-0.25, -0.2) is 19.2 Å². The summed E-state index contributed by atoms with van der Waals surface area (Å²) in [5, 5.41) is 8.97. The van der Waals surface area contributed by atoms with Gasteiger partial charge in [-0.1, -0.05) is 6.07 Å². The van der Waals surface area contributed by atoms with Crippen molar-refractivity contribution in [3.63, 3.8) is 0 Å². The normalized spacial score (nSPS) is 10.2. The Hall–Kier alpha value is -2.50. The molecule has 0 aliphatic rings. The molecule has 0 amide bonds. The van der Waals surface area contributed by atoms with E-state index in [1.807, 2.05) is 0 Å². The summed E-state index contributed by atoms with van der Waals surface area (Å²) >= 11 is 0. The maximum atomic E-state index is 13.1.